The fourth-order valence-electron chi connectivity index (χ4n) is 1.53. The van der Waals surface area contributed by atoms with Crippen LogP contribution in [-0.4, -0.2) is 36.2 Å². The summed E-state index contributed by atoms with van der Waals surface area (Å²) in [4.78, 5) is 8.00. The fraction of sp³-hybridized carbons (Fsp3) is 0.455. The molecule has 5 nitrogen and oxygen atoms in total. The summed E-state index contributed by atoms with van der Waals surface area (Å²) in [6, 6.07) is 0. The van der Waals surface area contributed by atoms with Crippen molar-refractivity contribution in [1.29, 1.82) is 0 Å². The van der Waals surface area contributed by atoms with Gasteiger partial charge in [-0.25, -0.2) is 14.4 Å². The molecule has 0 aromatic carbocycles. The van der Waals surface area contributed by atoms with Gasteiger partial charge in [-0.3, -0.25) is 0 Å². The first-order valence-electron chi connectivity index (χ1n) is 5.33. The number of nitrogens with zero attached hydrogens (tertiary/aromatic N) is 2. The van der Waals surface area contributed by atoms with Gasteiger partial charge in [0.1, 0.15) is 6.10 Å². The lowest BCUT2D eigenvalue weighted by molar-refractivity contribution is 0.0221. The van der Waals surface area contributed by atoms with Gasteiger partial charge in [0.2, 0.25) is 0 Å². The molecule has 0 saturated carbocycles. The number of nitrogens with one attached hydrogen (secondary N) is 2. The van der Waals surface area contributed by atoms with Gasteiger partial charge in [-0.2, -0.15) is 0 Å². The highest BCUT2D eigenvalue weighted by Crippen LogP contribution is 2.17. The Morgan fingerprint density at radius 2 is 2.59 bits per heavy atom. The summed E-state index contributed by atoms with van der Waals surface area (Å²) in [5, 5.41) is 5.86. The zero-order valence-electron chi connectivity index (χ0n) is 9.24. The number of hydrogen-bond donors (Lipinski definition) is 2. The van der Waals surface area contributed by atoms with Crippen molar-refractivity contribution in [2.75, 3.05) is 31.6 Å². The molecule has 17 heavy (non-hydrogen) atoms. The molecule has 2 N–H and O–H groups in total. The third-order valence-corrected chi connectivity index (χ3v) is 2.34. The Labute approximate surface area is 98.8 Å². The molecule has 1 aliphatic rings. The van der Waals surface area contributed by atoms with E-state index in [1.165, 1.54) is 0 Å². The molecule has 2 rings (SSSR count). The molecular formula is C11H13FN4O. The van der Waals surface area contributed by atoms with E-state index in [4.69, 9.17) is 11.2 Å². The molecular weight excluding hydrogens is 223 g/mol. The van der Waals surface area contributed by atoms with Crippen LogP contribution in [0.3, 0.4) is 0 Å². The number of rotatable bonds is 3. The van der Waals surface area contributed by atoms with E-state index in [2.05, 4.69) is 26.5 Å². The smallest absolute Gasteiger partial charge is 0.183 e. The first-order chi connectivity index (χ1) is 8.31. The summed E-state index contributed by atoms with van der Waals surface area (Å²) in [7, 11) is 0. The molecule has 0 radical (unpaired) electrons. The van der Waals surface area contributed by atoms with Gasteiger partial charge in [-0.1, -0.05) is 5.92 Å². The van der Waals surface area contributed by atoms with Gasteiger partial charge in [0, 0.05) is 13.1 Å². The number of ether oxygens (including phenoxy) is 1. The summed E-state index contributed by atoms with van der Waals surface area (Å²) in [6.07, 6.45) is 5.98. The number of aromatic nitrogens is 2. The van der Waals surface area contributed by atoms with Crippen LogP contribution in [0.15, 0.2) is 6.20 Å². The molecule has 0 spiro atoms. The Kier molecular flexibility index (Phi) is 3.85. The molecule has 1 unspecified atom stereocenters. The van der Waals surface area contributed by atoms with Gasteiger partial charge in [0.05, 0.1) is 19.3 Å². The van der Waals surface area contributed by atoms with Crippen LogP contribution in [0.4, 0.5) is 10.2 Å². The van der Waals surface area contributed by atoms with Crippen molar-refractivity contribution in [3.63, 3.8) is 0 Å². The number of morpholine rings is 1. The van der Waals surface area contributed by atoms with Crippen molar-refractivity contribution in [3.8, 4) is 12.3 Å². The molecule has 1 saturated heterocycles. The van der Waals surface area contributed by atoms with Crippen molar-refractivity contribution < 1.29 is 9.13 Å². The maximum Gasteiger partial charge on any atom is 0.183 e. The van der Waals surface area contributed by atoms with Crippen LogP contribution in [0.25, 0.3) is 0 Å². The molecule has 1 aromatic heterocycles. The monoisotopic (exact) mass is 236 g/mol. The minimum atomic E-state index is -0.521. The average Bonchev–Trinajstić information content (AvgIpc) is 2.39. The summed E-state index contributed by atoms with van der Waals surface area (Å²) >= 11 is 0. The second-order valence-corrected chi connectivity index (χ2v) is 3.55. The van der Waals surface area contributed by atoms with Gasteiger partial charge < -0.3 is 15.4 Å². The molecule has 6 heteroatoms. The largest absolute Gasteiger partial charge is 0.368 e. The highest BCUT2D eigenvalue weighted by Gasteiger charge is 2.19. The van der Waals surface area contributed by atoms with Gasteiger partial charge in [0.25, 0.3) is 0 Å². The molecule has 0 amide bonds. The highest BCUT2D eigenvalue weighted by atomic mass is 19.1. The van der Waals surface area contributed by atoms with E-state index in [0.29, 0.717) is 19.0 Å². The predicted molar refractivity (Wildman–Crippen MR) is 60.9 cm³/mol. The van der Waals surface area contributed by atoms with E-state index < -0.39 is 5.82 Å². The minimum Gasteiger partial charge on any atom is -0.368 e. The normalized spacial score (nSPS) is 19.6. The summed E-state index contributed by atoms with van der Waals surface area (Å²) in [5.41, 5.74) is 0. The number of terminal acetylenes is 1. The van der Waals surface area contributed by atoms with E-state index in [-0.39, 0.29) is 18.5 Å². The molecule has 1 atom stereocenters. The van der Waals surface area contributed by atoms with Gasteiger partial charge in [0.15, 0.2) is 17.5 Å². The summed E-state index contributed by atoms with van der Waals surface area (Å²) < 4.78 is 18.8. The lowest BCUT2D eigenvalue weighted by Gasteiger charge is -2.22. The maximum atomic E-state index is 13.3. The van der Waals surface area contributed by atoms with Crippen LogP contribution < -0.4 is 10.6 Å². The molecule has 90 valence electrons. The molecule has 1 aliphatic heterocycles. The van der Waals surface area contributed by atoms with Gasteiger partial charge in [-0.05, 0) is 0 Å². The highest BCUT2D eigenvalue weighted by molar-refractivity contribution is 5.36. The first kappa shape index (κ1) is 11.8. The quantitative estimate of drug-likeness (QED) is 0.740. The second-order valence-electron chi connectivity index (χ2n) is 3.55. The number of hydrogen-bond acceptors (Lipinski definition) is 5. The number of anilines is 1. The maximum absolute atomic E-state index is 13.3. The van der Waals surface area contributed by atoms with E-state index in [0.717, 1.165) is 12.7 Å². The summed E-state index contributed by atoms with van der Waals surface area (Å²) in [5.74, 6) is 2.41. The zero-order valence-corrected chi connectivity index (χ0v) is 9.24. The van der Waals surface area contributed by atoms with Crippen molar-refractivity contribution >= 4 is 5.82 Å². The Morgan fingerprint density at radius 1 is 1.71 bits per heavy atom. The Morgan fingerprint density at radius 3 is 3.29 bits per heavy atom. The van der Waals surface area contributed by atoms with Crippen LogP contribution in [0.2, 0.25) is 0 Å². The average molecular weight is 236 g/mol. The molecule has 1 fully saturated rings. The van der Waals surface area contributed by atoms with Crippen LogP contribution in [0.1, 0.15) is 11.9 Å². The van der Waals surface area contributed by atoms with Crippen molar-refractivity contribution in [3.05, 3.63) is 17.8 Å². The predicted octanol–water partition coefficient (Wildman–Crippen LogP) is 0.322. The standard InChI is InChI=1S/C11H13FN4O/c1-2-3-14-10-8(12)6-15-11(16-10)9-7-13-4-5-17-9/h1,6,9,13H,3-5,7H2,(H,14,15,16). The summed E-state index contributed by atoms with van der Waals surface area (Å²) in [6.45, 7) is 2.25. The lowest BCUT2D eigenvalue weighted by Crippen LogP contribution is -2.34. The third kappa shape index (κ3) is 2.90. The van der Waals surface area contributed by atoms with E-state index in [9.17, 15) is 4.39 Å². The van der Waals surface area contributed by atoms with Gasteiger partial charge in [-0.15, -0.1) is 6.42 Å². The first-order valence-corrected chi connectivity index (χ1v) is 5.33. The fourth-order valence-corrected chi connectivity index (χ4v) is 1.53. The van der Waals surface area contributed by atoms with E-state index >= 15 is 0 Å². The Balaban J connectivity index is 2.14. The number of halogens is 1. The van der Waals surface area contributed by atoms with Crippen molar-refractivity contribution in [2.24, 2.45) is 0 Å². The van der Waals surface area contributed by atoms with E-state index in [1.54, 1.807) is 0 Å². The van der Waals surface area contributed by atoms with E-state index in [1.807, 2.05) is 0 Å². The molecule has 2 heterocycles. The SMILES string of the molecule is C#CCNc1nc(C2CNCCO2)ncc1F. The van der Waals surface area contributed by atoms with Crippen LogP contribution >= 0.6 is 0 Å². The zero-order chi connectivity index (χ0) is 12.1. The Bertz CT molecular complexity index is 426. The lowest BCUT2D eigenvalue weighted by atomic mass is 10.3. The van der Waals surface area contributed by atoms with Crippen LogP contribution in [0, 0.1) is 18.2 Å². The second kappa shape index (κ2) is 5.57. The van der Waals surface area contributed by atoms with Crippen LogP contribution in [0.5, 0.6) is 0 Å². The van der Waals surface area contributed by atoms with Crippen molar-refractivity contribution in [2.45, 2.75) is 6.10 Å². The third-order valence-electron chi connectivity index (χ3n) is 2.34. The minimum absolute atomic E-state index is 0.113. The molecule has 1 aromatic rings. The van der Waals surface area contributed by atoms with Gasteiger partial charge >= 0.3 is 0 Å². The Hall–Kier alpha value is -1.71. The molecule has 0 bridgehead atoms. The molecule has 0 aliphatic carbocycles. The van der Waals surface area contributed by atoms with Crippen molar-refractivity contribution in [1.82, 2.24) is 15.3 Å². The van der Waals surface area contributed by atoms with Crippen LogP contribution in [-0.2, 0) is 4.74 Å². The topological polar surface area (TPSA) is 59.1 Å².